The first-order valence-electron chi connectivity index (χ1n) is 11.1. The number of likely N-dealkylation sites (tertiary alicyclic amines) is 1. The number of piperidine rings is 1. The summed E-state index contributed by atoms with van der Waals surface area (Å²) in [5.74, 6) is 0.904. The maximum atomic E-state index is 13.7. The fourth-order valence-corrected chi connectivity index (χ4v) is 4.46. The van der Waals surface area contributed by atoms with Gasteiger partial charge in [0, 0.05) is 13.1 Å². The number of amides is 2. The molecule has 0 unspecified atom stereocenters. The molecule has 1 saturated heterocycles. The van der Waals surface area contributed by atoms with E-state index in [1.807, 2.05) is 63.2 Å². The van der Waals surface area contributed by atoms with Crippen molar-refractivity contribution in [1.82, 2.24) is 4.90 Å². The van der Waals surface area contributed by atoms with Crippen LogP contribution in [0.5, 0.6) is 5.75 Å². The van der Waals surface area contributed by atoms with Gasteiger partial charge in [-0.1, -0.05) is 36.8 Å². The van der Waals surface area contributed by atoms with Gasteiger partial charge in [0.15, 0.2) is 0 Å². The molecule has 162 valence electrons. The highest BCUT2D eigenvalue weighted by atomic mass is 16.5. The lowest BCUT2D eigenvalue weighted by atomic mass is 9.97. The molecule has 0 aromatic heterocycles. The van der Waals surface area contributed by atoms with Crippen LogP contribution in [0.1, 0.15) is 43.4 Å². The number of hydrogen-bond donors (Lipinski definition) is 0. The largest absolute Gasteiger partial charge is 0.494 e. The predicted molar refractivity (Wildman–Crippen MR) is 123 cm³/mol. The molecule has 5 heteroatoms. The summed E-state index contributed by atoms with van der Waals surface area (Å²) in [5.41, 5.74) is 4.45. The van der Waals surface area contributed by atoms with Gasteiger partial charge in [-0.2, -0.15) is 0 Å². The van der Waals surface area contributed by atoms with Gasteiger partial charge in [0.2, 0.25) is 0 Å². The Labute approximate surface area is 184 Å². The van der Waals surface area contributed by atoms with E-state index < -0.39 is 0 Å². The first kappa shape index (κ1) is 21.2. The quantitative estimate of drug-likeness (QED) is 0.660. The normalized spacial score (nSPS) is 17.7. The molecule has 2 amide bonds. The zero-order valence-electron chi connectivity index (χ0n) is 18.8. The van der Waals surface area contributed by atoms with Gasteiger partial charge in [-0.15, -0.1) is 0 Å². The highest BCUT2D eigenvalue weighted by Crippen LogP contribution is 2.38. The second-order valence-electron chi connectivity index (χ2n) is 8.59. The van der Waals surface area contributed by atoms with Crippen LogP contribution in [0.15, 0.2) is 48.2 Å². The number of nitrogens with zero attached hydrogens (tertiary/aromatic N) is 2. The Morgan fingerprint density at radius 3 is 2.26 bits per heavy atom. The standard InChI is InChI=1S/C26H30N2O3/c1-5-31-21-9-7-20(8-10-21)23-24(27-14-12-17(2)13-15-27)26(30)28(25(23)29)22-11-6-18(3)16-19(22)4/h6-11,16-17H,5,12-15H2,1-4H3. The van der Waals surface area contributed by atoms with E-state index in [9.17, 15) is 9.59 Å². The minimum Gasteiger partial charge on any atom is -0.494 e. The summed E-state index contributed by atoms with van der Waals surface area (Å²) in [6, 6.07) is 13.3. The summed E-state index contributed by atoms with van der Waals surface area (Å²) in [4.78, 5) is 30.8. The molecule has 31 heavy (non-hydrogen) atoms. The lowest BCUT2D eigenvalue weighted by Crippen LogP contribution is -2.38. The van der Waals surface area contributed by atoms with Crippen molar-refractivity contribution in [2.24, 2.45) is 5.92 Å². The van der Waals surface area contributed by atoms with E-state index in [0.717, 1.165) is 48.4 Å². The topological polar surface area (TPSA) is 49.9 Å². The molecule has 0 radical (unpaired) electrons. The molecule has 2 heterocycles. The number of carbonyl (C=O) groups is 2. The van der Waals surface area contributed by atoms with Crippen LogP contribution in [0.3, 0.4) is 0 Å². The lowest BCUT2D eigenvalue weighted by molar-refractivity contribution is -0.120. The molecule has 1 fully saturated rings. The molecule has 0 atom stereocenters. The number of hydrogen-bond acceptors (Lipinski definition) is 4. The van der Waals surface area contributed by atoms with Crippen molar-refractivity contribution in [2.45, 2.75) is 40.5 Å². The van der Waals surface area contributed by atoms with Crippen molar-refractivity contribution in [3.63, 3.8) is 0 Å². The maximum Gasteiger partial charge on any atom is 0.282 e. The maximum absolute atomic E-state index is 13.7. The molecule has 0 aliphatic carbocycles. The molecule has 2 aromatic rings. The molecule has 0 spiro atoms. The van der Waals surface area contributed by atoms with E-state index in [1.165, 1.54) is 4.90 Å². The van der Waals surface area contributed by atoms with Crippen molar-refractivity contribution in [3.8, 4) is 5.75 Å². The Bertz CT molecular complexity index is 1030. The van der Waals surface area contributed by atoms with E-state index in [-0.39, 0.29) is 11.8 Å². The van der Waals surface area contributed by atoms with Crippen molar-refractivity contribution in [2.75, 3.05) is 24.6 Å². The molecule has 4 rings (SSSR count). The second-order valence-corrected chi connectivity index (χ2v) is 8.59. The van der Waals surface area contributed by atoms with E-state index >= 15 is 0 Å². The predicted octanol–water partition coefficient (Wildman–Crippen LogP) is 4.72. The SMILES string of the molecule is CCOc1ccc(C2=C(N3CCC(C)CC3)C(=O)N(c3ccc(C)cc3C)C2=O)cc1. The molecule has 0 N–H and O–H groups in total. The summed E-state index contributed by atoms with van der Waals surface area (Å²) in [6.07, 6.45) is 2.04. The first-order chi connectivity index (χ1) is 14.9. The van der Waals surface area contributed by atoms with Gasteiger partial charge in [0.25, 0.3) is 11.8 Å². The number of ether oxygens (including phenoxy) is 1. The third-order valence-corrected chi connectivity index (χ3v) is 6.21. The minimum atomic E-state index is -0.255. The highest BCUT2D eigenvalue weighted by molar-refractivity contribution is 6.45. The zero-order chi connectivity index (χ0) is 22.1. The van der Waals surface area contributed by atoms with Gasteiger partial charge in [-0.3, -0.25) is 9.59 Å². The van der Waals surface area contributed by atoms with E-state index in [2.05, 4.69) is 11.8 Å². The number of anilines is 1. The minimum absolute atomic E-state index is 0.226. The van der Waals surface area contributed by atoms with Crippen LogP contribution < -0.4 is 9.64 Å². The van der Waals surface area contributed by atoms with Crippen LogP contribution in [-0.2, 0) is 9.59 Å². The summed E-state index contributed by atoms with van der Waals surface area (Å²) in [7, 11) is 0. The zero-order valence-corrected chi connectivity index (χ0v) is 18.8. The summed E-state index contributed by atoms with van der Waals surface area (Å²) >= 11 is 0. The van der Waals surface area contributed by atoms with Crippen molar-refractivity contribution >= 4 is 23.1 Å². The molecule has 2 aliphatic heterocycles. The van der Waals surface area contributed by atoms with Crippen molar-refractivity contribution in [3.05, 3.63) is 64.9 Å². The van der Waals surface area contributed by atoms with Gasteiger partial charge >= 0.3 is 0 Å². The summed E-state index contributed by atoms with van der Waals surface area (Å²) in [6.45, 7) is 10.3. The van der Waals surface area contributed by atoms with Crippen LogP contribution in [0, 0.1) is 19.8 Å². The molecular formula is C26H30N2O3. The summed E-state index contributed by atoms with van der Waals surface area (Å²) < 4.78 is 5.56. The van der Waals surface area contributed by atoms with Crippen LogP contribution in [-0.4, -0.2) is 36.4 Å². The van der Waals surface area contributed by atoms with E-state index in [0.29, 0.717) is 29.5 Å². The van der Waals surface area contributed by atoms with Gasteiger partial charge in [-0.05, 0) is 68.9 Å². The fraction of sp³-hybridized carbons (Fsp3) is 0.385. The lowest BCUT2D eigenvalue weighted by Gasteiger charge is -2.32. The molecule has 5 nitrogen and oxygen atoms in total. The van der Waals surface area contributed by atoms with Gasteiger partial charge in [-0.25, -0.2) is 4.90 Å². The molecule has 2 aromatic carbocycles. The monoisotopic (exact) mass is 418 g/mol. The van der Waals surface area contributed by atoms with E-state index in [4.69, 9.17) is 4.74 Å². The average Bonchev–Trinajstić information content (AvgIpc) is 3.00. The van der Waals surface area contributed by atoms with Gasteiger partial charge in [0.05, 0.1) is 17.9 Å². The smallest absolute Gasteiger partial charge is 0.282 e. The molecule has 0 saturated carbocycles. The van der Waals surface area contributed by atoms with Crippen molar-refractivity contribution in [1.29, 1.82) is 0 Å². The Morgan fingerprint density at radius 1 is 0.968 bits per heavy atom. The number of imide groups is 1. The fourth-order valence-electron chi connectivity index (χ4n) is 4.46. The Balaban J connectivity index is 1.79. The van der Waals surface area contributed by atoms with E-state index in [1.54, 1.807) is 0 Å². The number of benzene rings is 2. The molecular weight excluding hydrogens is 388 g/mol. The molecule has 0 bridgehead atoms. The average molecular weight is 419 g/mol. The van der Waals surface area contributed by atoms with Crippen LogP contribution in [0.2, 0.25) is 0 Å². The van der Waals surface area contributed by atoms with Crippen molar-refractivity contribution < 1.29 is 14.3 Å². The number of carbonyl (C=O) groups excluding carboxylic acids is 2. The number of aryl methyl sites for hydroxylation is 2. The van der Waals surface area contributed by atoms with Gasteiger partial charge < -0.3 is 9.64 Å². The Hall–Kier alpha value is -3.08. The van der Waals surface area contributed by atoms with Crippen LogP contribution in [0.4, 0.5) is 5.69 Å². The highest BCUT2D eigenvalue weighted by Gasteiger charge is 2.43. The molecule has 2 aliphatic rings. The van der Waals surface area contributed by atoms with Crippen LogP contribution >= 0.6 is 0 Å². The van der Waals surface area contributed by atoms with Gasteiger partial charge in [0.1, 0.15) is 11.4 Å². The third kappa shape index (κ3) is 3.97. The third-order valence-electron chi connectivity index (χ3n) is 6.21. The second kappa shape index (κ2) is 8.58. The summed E-state index contributed by atoms with van der Waals surface area (Å²) in [5, 5.41) is 0. The first-order valence-corrected chi connectivity index (χ1v) is 11.1. The van der Waals surface area contributed by atoms with Crippen LogP contribution in [0.25, 0.3) is 5.57 Å². The Kier molecular flexibility index (Phi) is 5.86. The number of rotatable bonds is 5. The Morgan fingerprint density at radius 2 is 1.65 bits per heavy atom.